The summed E-state index contributed by atoms with van der Waals surface area (Å²) in [5.41, 5.74) is 13.3. The topological polar surface area (TPSA) is 20.1 Å². The molecule has 0 fully saturated rings. The van der Waals surface area contributed by atoms with Crippen molar-refractivity contribution in [2.45, 2.75) is 34.6 Å². The number of hydrogen-bond acceptors (Lipinski definition) is 0. The molecule has 218 valence electrons. The molecule has 2 heterocycles. The molecule has 0 spiro atoms. The minimum atomic E-state index is 0. The molecule has 44 heavy (non-hydrogen) atoms. The van der Waals surface area contributed by atoms with E-state index in [-0.39, 0.29) is 22.4 Å². The molecule has 0 unspecified atom stereocenters. The fraction of sp³-hybridized carbons (Fsp3) is 0.125. The van der Waals surface area contributed by atoms with Gasteiger partial charge < -0.3 is 4.98 Å². The van der Waals surface area contributed by atoms with E-state index in [1.165, 1.54) is 72.1 Å². The second-order valence-electron chi connectivity index (χ2n) is 11.6. The number of benzene rings is 6. The molecular weight excluding hydrogens is 719 g/mol. The van der Waals surface area contributed by atoms with E-state index in [1.807, 2.05) is 12.1 Å². The molecule has 7 aromatic rings. The van der Waals surface area contributed by atoms with Crippen LogP contribution in [0.15, 0.2) is 115 Å². The maximum Gasteiger partial charge on any atom is 1.00 e. The Kier molecular flexibility index (Phi) is 7.98. The zero-order chi connectivity index (χ0) is 29.7. The summed E-state index contributed by atoms with van der Waals surface area (Å²) in [4.78, 5) is 4.52. The van der Waals surface area contributed by atoms with E-state index in [4.69, 9.17) is 0 Å². The fourth-order valence-electron chi connectivity index (χ4n) is 6.61. The minimum absolute atomic E-state index is 0. The summed E-state index contributed by atoms with van der Waals surface area (Å²) in [7, 11) is 0. The number of para-hydroxylation sites is 3. The Morgan fingerprint density at radius 3 is 1.61 bits per heavy atom. The Balaban J connectivity index is 0.000000204. The summed E-state index contributed by atoms with van der Waals surface area (Å²) in [5.74, 6) is 0. The van der Waals surface area contributed by atoms with Gasteiger partial charge >= 0.3 is 34.1 Å². The zero-order valence-electron chi connectivity index (χ0n) is 25.6. The van der Waals surface area contributed by atoms with Gasteiger partial charge in [0.05, 0.1) is 5.39 Å². The third-order valence-electron chi connectivity index (χ3n) is 8.41. The average molecular weight is 754 g/mol. The normalized spacial score (nSPS) is 11.9. The Morgan fingerprint density at radius 1 is 0.477 bits per heavy atom. The number of aromatic nitrogens is 1. The fourth-order valence-corrected chi connectivity index (χ4v) is 6.61. The van der Waals surface area contributed by atoms with Crippen LogP contribution in [0.2, 0.25) is 0 Å². The standard InChI is InChI=1S/C28H26N2.C12H8N.Au/c1-18-15-21(4)27(22(5)16-18)29-17-30(26-19(2)9-8-10-20(26)3)28-24-12-7-6-11-23(24)13-14-25(28)29;1-3-7-11-9(5-1)10-6-2-4-8-12(10)13-11;/h6-16H,1-5H3;1-8H;/q+2;-1;+1. The summed E-state index contributed by atoms with van der Waals surface area (Å²) in [6, 6.07) is 44.3. The van der Waals surface area contributed by atoms with Crippen molar-refractivity contribution in [3.8, 4) is 0 Å². The smallest absolute Gasteiger partial charge is 0.657 e. The van der Waals surface area contributed by atoms with Crippen LogP contribution < -0.4 is 14.1 Å². The predicted octanol–water partition coefficient (Wildman–Crippen LogP) is 10.2. The van der Waals surface area contributed by atoms with Gasteiger partial charge in [-0.3, -0.25) is 0 Å². The Labute approximate surface area is 274 Å². The van der Waals surface area contributed by atoms with Crippen LogP contribution in [-0.4, -0.2) is 6.01 Å². The SMILES string of the molecule is Cc1cc(C)c([N+]2=C=[N+](c3c(C)cccc3C)c3c2ccc2ccccc32)c(C)c1.[Au+].c1ccc2c(c1)[n-]c1ccccc12. The first kappa shape index (κ1) is 29.6. The van der Waals surface area contributed by atoms with Crippen molar-refractivity contribution in [2.75, 3.05) is 0 Å². The molecule has 0 N–H and O–H groups in total. The van der Waals surface area contributed by atoms with Crippen LogP contribution in [0.5, 0.6) is 0 Å². The predicted molar refractivity (Wildman–Crippen MR) is 183 cm³/mol. The second-order valence-corrected chi connectivity index (χ2v) is 11.6. The van der Waals surface area contributed by atoms with Gasteiger partial charge in [0.1, 0.15) is 0 Å². The Hall–Kier alpha value is -4.50. The summed E-state index contributed by atoms with van der Waals surface area (Å²) in [5, 5.41) is 4.99. The molecule has 6 aromatic carbocycles. The van der Waals surface area contributed by atoms with E-state index in [9.17, 15) is 0 Å². The number of nitrogens with zero attached hydrogens (tertiary/aromatic N) is 3. The quantitative estimate of drug-likeness (QED) is 0.127. The van der Waals surface area contributed by atoms with Crippen molar-refractivity contribution in [2.24, 2.45) is 0 Å². The van der Waals surface area contributed by atoms with Gasteiger partial charge in [0.15, 0.2) is 0 Å². The van der Waals surface area contributed by atoms with Crippen LogP contribution in [-0.2, 0) is 22.4 Å². The van der Waals surface area contributed by atoms with E-state index in [0.29, 0.717) is 0 Å². The molecule has 3 nitrogen and oxygen atoms in total. The third kappa shape index (κ3) is 5.05. The summed E-state index contributed by atoms with van der Waals surface area (Å²) in [6.07, 6.45) is 0. The van der Waals surface area contributed by atoms with E-state index < -0.39 is 0 Å². The van der Waals surface area contributed by atoms with Crippen molar-refractivity contribution >= 4 is 61.3 Å². The van der Waals surface area contributed by atoms with Gasteiger partial charge in [-0.2, -0.15) is 0 Å². The first-order valence-electron chi connectivity index (χ1n) is 14.8. The second kappa shape index (κ2) is 11.9. The number of rotatable bonds is 2. The summed E-state index contributed by atoms with van der Waals surface area (Å²) < 4.78 is 4.51. The first-order chi connectivity index (χ1) is 20.9. The van der Waals surface area contributed by atoms with Gasteiger partial charge in [-0.25, -0.2) is 0 Å². The van der Waals surface area contributed by atoms with Gasteiger partial charge in [0, 0.05) is 28.3 Å². The van der Waals surface area contributed by atoms with Gasteiger partial charge in [-0.15, -0.1) is 11.0 Å². The Morgan fingerprint density at radius 2 is 1.00 bits per heavy atom. The first-order valence-corrected chi connectivity index (χ1v) is 14.8. The molecule has 8 rings (SSSR count). The van der Waals surface area contributed by atoms with Crippen molar-refractivity contribution in [1.82, 2.24) is 14.1 Å². The summed E-state index contributed by atoms with van der Waals surface area (Å²) >= 11 is 0. The molecule has 0 atom stereocenters. The molecular formula is C40H34AuN3+2. The molecule has 4 heteroatoms. The molecule has 0 radical (unpaired) electrons. The minimum Gasteiger partial charge on any atom is -0.657 e. The van der Waals surface area contributed by atoms with Gasteiger partial charge in [-0.1, -0.05) is 90.5 Å². The van der Waals surface area contributed by atoms with Gasteiger partial charge in [0.2, 0.25) is 11.4 Å². The molecule has 0 bridgehead atoms. The van der Waals surface area contributed by atoms with Crippen LogP contribution in [0.4, 0.5) is 22.7 Å². The largest absolute Gasteiger partial charge is 1.00 e. The van der Waals surface area contributed by atoms with Crippen molar-refractivity contribution < 1.29 is 22.4 Å². The van der Waals surface area contributed by atoms with Crippen LogP contribution in [0.25, 0.3) is 32.6 Å². The van der Waals surface area contributed by atoms with Gasteiger partial charge in [-0.05, 0) is 84.2 Å². The Bertz CT molecular complexity index is 2190. The molecule has 0 aliphatic carbocycles. The summed E-state index contributed by atoms with van der Waals surface area (Å²) in [6.45, 7) is 10.9. The van der Waals surface area contributed by atoms with E-state index in [1.54, 1.807) is 0 Å². The van der Waals surface area contributed by atoms with Crippen LogP contribution in [0.3, 0.4) is 0 Å². The average Bonchev–Trinajstić information content (AvgIpc) is 3.56. The molecule has 1 aliphatic rings. The molecule has 1 aromatic heterocycles. The van der Waals surface area contributed by atoms with E-state index in [2.05, 4.69) is 158 Å². The zero-order valence-corrected chi connectivity index (χ0v) is 27.8. The van der Waals surface area contributed by atoms with Crippen molar-refractivity contribution in [3.63, 3.8) is 0 Å². The van der Waals surface area contributed by atoms with Gasteiger partial charge in [0.25, 0.3) is 5.69 Å². The number of fused-ring (bicyclic) bond motifs is 6. The maximum absolute atomic E-state index is 4.52. The third-order valence-corrected chi connectivity index (χ3v) is 8.41. The molecule has 0 saturated carbocycles. The molecule has 0 amide bonds. The molecule has 0 saturated heterocycles. The molecule has 1 aliphatic heterocycles. The van der Waals surface area contributed by atoms with Crippen molar-refractivity contribution in [1.29, 1.82) is 0 Å². The maximum atomic E-state index is 4.52. The van der Waals surface area contributed by atoms with E-state index in [0.717, 1.165) is 11.0 Å². The number of aryl methyl sites for hydroxylation is 5. The number of hydrogen-bond donors (Lipinski definition) is 0. The van der Waals surface area contributed by atoms with Crippen LogP contribution in [0, 0.1) is 34.6 Å². The van der Waals surface area contributed by atoms with Crippen molar-refractivity contribution in [3.05, 3.63) is 143 Å². The van der Waals surface area contributed by atoms with Crippen LogP contribution in [0.1, 0.15) is 27.8 Å². The van der Waals surface area contributed by atoms with E-state index >= 15 is 0 Å². The monoisotopic (exact) mass is 753 g/mol. The van der Waals surface area contributed by atoms with Crippen LogP contribution >= 0.6 is 0 Å².